The zero-order valence-corrected chi connectivity index (χ0v) is 19.6. The lowest BCUT2D eigenvalue weighted by molar-refractivity contribution is 0.311. The summed E-state index contributed by atoms with van der Waals surface area (Å²) in [6.07, 6.45) is 4.89. The zero-order chi connectivity index (χ0) is 19.9. The van der Waals surface area contributed by atoms with Crippen molar-refractivity contribution < 1.29 is 9.47 Å². The van der Waals surface area contributed by atoms with Crippen LogP contribution in [0.2, 0.25) is 0 Å². The Labute approximate surface area is 188 Å². The van der Waals surface area contributed by atoms with Gasteiger partial charge in [0.25, 0.3) is 0 Å². The van der Waals surface area contributed by atoms with Crippen molar-refractivity contribution in [2.24, 2.45) is 4.99 Å². The number of guanidine groups is 1. The highest BCUT2D eigenvalue weighted by molar-refractivity contribution is 14.0. The topological polar surface area (TPSA) is 72.2 Å². The van der Waals surface area contributed by atoms with Crippen LogP contribution in [0.3, 0.4) is 0 Å². The molecule has 0 unspecified atom stereocenters. The summed E-state index contributed by atoms with van der Waals surface area (Å²) in [5, 5.41) is 6.60. The fraction of sp³-hybridized carbons (Fsp3) is 0.333. The lowest BCUT2D eigenvalue weighted by Gasteiger charge is -2.14. The Kier molecular flexibility index (Phi) is 8.56. The Morgan fingerprint density at radius 2 is 2.07 bits per heavy atom. The summed E-state index contributed by atoms with van der Waals surface area (Å²) in [7, 11) is 3.38. The molecule has 0 atom stereocenters. The van der Waals surface area contributed by atoms with E-state index in [1.54, 1.807) is 14.2 Å². The van der Waals surface area contributed by atoms with E-state index in [1.807, 2.05) is 37.4 Å². The van der Waals surface area contributed by atoms with E-state index in [9.17, 15) is 0 Å². The molecule has 29 heavy (non-hydrogen) atoms. The Morgan fingerprint density at radius 1 is 1.24 bits per heavy atom. The Bertz CT molecular complexity index is 971. The van der Waals surface area contributed by atoms with Gasteiger partial charge in [0.2, 0.25) is 0 Å². The molecule has 0 aliphatic carbocycles. The molecule has 0 radical (unpaired) electrons. The SMILES string of the molecule is CCOc1cc(NC(=NC)NCCc2cn3cccc(C)c3n2)ccc1OC.I. The Hall–Kier alpha value is -2.49. The van der Waals surface area contributed by atoms with Gasteiger partial charge in [0.05, 0.1) is 19.4 Å². The van der Waals surface area contributed by atoms with E-state index in [2.05, 4.69) is 39.2 Å². The summed E-state index contributed by atoms with van der Waals surface area (Å²) in [5.41, 5.74) is 4.09. The molecule has 3 rings (SSSR count). The number of benzene rings is 1. The maximum Gasteiger partial charge on any atom is 0.195 e. The molecular formula is C21H28IN5O2. The molecule has 0 spiro atoms. The van der Waals surface area contributed by atoms with Crippen LogP contribution in [0, 0.1) is 6.92 Å². The molecule has 3 aromatic rings. The minimum Gasteiger partial charge on any atom is -0.493 e. The van der Waals surface area contributed by atoms with Crippen LogP contribution >= 0.6 is 24.0 Å². The number of aromatic nitrogens is 2. The summed E-state index contributed by atoms with van der Waals surface area (Å²) in [5.74, 6) is 2.09. The van der Waals surface area contributed by atoms with Crippen molar-refractivity contribution in [3.8, 4) is 11.5 Å². The van der Waals surface area contributed by atoms with Crippen LogP contribution in [0.1, 0.15) is 18.2 Å². The molecule has 7 nitrogen and oxygen atoms in total. The first-order valence-corrected chi connectivity index (χ1v) is 9.36. The van der Waals surface area contributed by atoms with Gasteiger partial charge in [0.1, 0.15) is 5.65 Å². The highest BCUT2D eigenvalue weighted by atomic mass is 127. The van der Waals surface area contributed by atoms with Crippen LogP contribution in [-0.2, 0) is 6.42 Å². The molecule has 1 aromatic carbocycles. The third-order valence-corrected chi connectivity index (χ3v) is 4.35. The van der Waals surface area contributed by atoms with Gasteiger partial charge in [-0.1, -0.05) is 6.07 Å². The highest BCUT2D eigenvalue weighted by Gasteiger charge is 2.08. The molecule has 0 fully saturated rings. The molecule has 8 heteroatoms. The number of fused-ring (bicyclic) bond motifs is 1. The molecule has 156 valence electrons. The van der Waals surface area contributed by atoms with Crippen LogP contribution in [-0.4, -0.2) is 42.7 Å². The smallest absolute Gasteiger partial charge is 0.195 e. The van der Waals surface area contributed by atoms with Gasteiger partial charge in [-0.05, 0) is 37.6 Å². The monoisotopic (exact) mass is 509 g/mol. The number of anilines is 1. The van der Waals surface area contributed by atoms with Crippen molar-refractivity contribution in [2.45, 2.75) is 20.3 Å². The van der Waals surface area contributed by atoms with Gasteiger partial charge in [0, 0.05) is 44.2 Å². The number of imidazole rings is 1. The van der Waals surface area contributed by atoms with Crippen molar-refractivity contribution in [2.75, 3.05) is 32.6 Å². The van der Waals surface area contributed by atoms with Crippen LogP contribution in [0.4, 0.5) is 5.69 Å². The van der Waals surface area contributed by atoms with Crippen molar-refractivity contribution in [3.63, 3.8) is 0 Å². The van der Waals surface area contributed by atoms with E-state index in [0.717, 1.165) is 30.0 Å². The quantitative estimate of drug-likeness (QED) is 0.287. The number of pyridine rings is 1. The number of hydrogen-bond donors (Lipinski definition) is 2. The molecule has 2 aromatic heterocycles. The standard InChI is InChI=1S/C21H27N5O2.HI/c1-5-28-19-13-16(8-9-18(19)27-4)25-21(22-3)23-11-10-17-14-26-12-6-7-15(2)20(26)24-17;/h6-9,12-14H,5,10-11H2,1-4H3,(H2,22,23,25);1H. The van der Waals surface area contributed by atoms with Crippen molar-refractivity contribution in [1.29, 1.82) is 0 Å². The molecule has 2 heterocycles. The third-order valence-electron chi connectivity index (χ3n) is 4.35. The van der Waals surface area contributed by atoms with E-state index in [1.165, 1.54) is 5.56 Å². The van der Waals surface area contributed by atoms with Gasteiger partial charge in [-0.15, -0.1) is 24.0 Å². The second kappa shape index (κ2) is 10.9. The molecule has 0 amide bonds. The summed E-state index contributed by atoms with van der Waals surface area (Å²) in [6, 6.07) is 9.81. The van der Waals surface area contributed by atoms with Crippen molar-refractivity contribution in [3.05, 3.63) is 54.0 Å². The number of nitrogens with zero attached hydrogens (tertiary/aromatic N) is 3. The number of aryl methyl sites for hydroxylation is 1. The van der Waals surface area contributed by atoms with Crippen LogP contribution in [0.25, 0.3) is 5.65 Å². The molecule has 2 N–H and O–H groups in total. The summed E-state index contributed by atoms with van der Waals surface area (Å²) >= 11 is 0. The lowest BCUT2D eigenvalue weighted by Crippen LogP contribution is -2.32. The summed E-state index contributed by atoms with van der Waals surface area (Å²) in [4.78, 5) is 8.99. The Balaban J connectivity index is 0.00000300. The second-order valence-electron chi connectivity index (χ2n) is 6.33. The average Bonchev–Trinajstić information content (AvgIpc) is 3.12. The molecule has 0 saturated carbocycles. The fourth-order valence-electron chi connectivity index (χ4n) is 2.97. The number of hydrogen-bond acceptors (Lipinski definition) is 4. The molecule has 0 saturated heterocycles. The van der Waals surface area contributed by atoms with E-state index in [4.69, 9.17) is 14.5 Å². The number of aliphatic imine (C=N–C) groups is 1. The van der Waals surface area contributed by atoms with Crippen LogP contribution in [0.5, 0.6) is 11.5 Å². The zero-order valence-electron chi connectivity index (χ0n) is 17.2. The number of rotatable bonds is 7. The van der Waals surface area contributed by atoms with Crippen molar-refractivity contribution >= 4 is 41.3 Å². The summed E-state index contributed by atoms with van der Waals surface area (Å²) < 4.78 is 13.0. The molecular weight excluding hydrogens is 481 g/mol. The number of ether oxygens (including phenoxy) is 2. The first-order chi connectivity index (χ1) is 13.6. The van der Waals surface area contributed by atoms with Gasteiger partial charge in [-0.25, -0.2) is 4.98 Å². The maximum absolute atomic E-state index is 5.63. The molecule has 0 aliphatic heterocycles. The highest BCUT2D eigenvalue weighted by Crippen LogP contribution is 2.30. The second-order valence-corrected chi connectivity index (χ2v) is 6.33. The summed E-state index contributed by atoms with van der Waals surface area (Å²) in [6.45, 7) is 5.31. The predicted octanol–water partition coefficient (Wildman–Crippen LogP) is 3.90. The number of halogens is 1. The third kappa shape index (κ3) is 5.75. The van der Waals surface area contributed by atoms with E-state index >= 15 is 0 Å². The van der Waals surface area contributed by atoms with Crippen LogP contribution in [0.15, 0.2) is 47.7 Å². The molecule has 0 aliphatic rings. The van der Waals surface area contributed by atoms with E-state index < -0.39 is 0 Å². The van der Waals surface area contributed by atoms with Gasteiger partial charge >= 0.3 is 0 Å². The first-order valence-electron chi connectivity index (χ1n) is 9.36. The number of methoxy groups -OCH3 is 1. The van der Waals surface area contributed by atoms with Crippen LogP contribution < -0.4 is 20.1 Å². The normalized spacial score (nSPS) is 11.1. The lowest BCUT2D eigenvalue weighted by atomic mass is 10.2. The fourth-order valence-corrected chi connectivity index (χ4v) is 2.97. The van der Waals surface area contributed by atoms with E-state index in [0.29, 0.717) is 24.1 Å². The first kappa shape index (κ1) is 22.8. The van der Waals surface area contributed by atoms with Gasteiger partial charge in [-0.3, -0.25) is 4.99 Å². The predicted molar refractivity (Wildman–Crippen MR) is 128 cm³/mol. The Morgan fingerprint density at radius 3 is 2.76 bits per heavy atom. The largest absolute Gasteiger partial charge is 0.493 e. The maximum atomic E-state index is 5.63. The minimum atomic E-state index is 0. The number of nitrogens with one attached hydrogen (secondary N) is 2. The molecule has 0 bridgehead atoms. The van der Waals surface area contributed by atoms with E-state index in [-0.39, 0.29) is 24.0 Å². The van der Waals surface area contributed by atoms with Gasteiger partial charge in [0.15, 0.2) is 17.5 Å². The minimum absolute atomic E-state index is 0. The van der Waals surface area contributed by atoms with Gasteiger partial charge < -0.3 is 24.5 Å². The van der Waals surface area contributed by atoms with Crippen molar-refractivity contribution in [1.82, 2.24) is 14.7 Å². The average molecular weight is 509 g/mol. The van der Waals surface area contributed by atoms with Gasteiger partial charge in [-0.2, -0.15) is 0 Å².